The van der Waals surface area contributed by atoms with Gasteiger partial charge in [-0.05, 0) is 25.9 Å². The van der Waals surface area contributed by atoms with Gasteiger partial charge < -0.3 is 11.8 Å². The lowest BCUT2D eigenvalue weighted by atomic mass is 10.1. The smallest absolute Gasteiger partial charge is 0.00473 e. The van der Waals surface area contributed by atoms with Crippen LogP contribution in [0.15, 0.2) is 0 Å². The van der Waals surface area contributed by atoms with Gasteiger partial charge in [0.2, 0.25) is 0 Å². The van der Waals surface area contributed by atoms with E-state index in [1.54, 1.807) is 0 Å². The Balaban J connectivity index is 2.13. The first kappa shape index (κ1) is 6.09. The van der Waals surface area contributed by atoms with Crippen LogP contribution in [0.4, 0.5) is 0 Å². The minimum absolute atomic E-state index is 1.00. The molecule has 48 valence electrons. The van der Waals surface area contributed by atoms with Crippen molar-refractivity contribution in [2.45, 2.75) is 19.3 Å². The van der Waals surface area contributed by atoms with Gasteiger partial charge >= 0.3 is 0 Å². The molecular formula is C7H14N-. The second-order valence-electron chi connectivity index (χ2n) is 2.40. The molecule has 1 rings (SSSR count). The first-order valence-corrected chi connectivity index (χ1v) is 3.45. The highest BCUT2D eigenvalue weighted by atomic mass is 15.1. The molecule has 1 aliphatic heterocycles. The van der Waals surface area contributed by atoms with Gasteiger partial charge in [0.1, 0.15) is 0 Å². The topological polar surface area (TPSA) is 3.24 Å². The lowest BCUT2D eigenvalue weighted by Crippen LogP contribution is -2.29. The van der Waals surface area contributed by atoms with Crippen LogP contribution in [0.1, 0.15) is 19.3 Å². The molecular weight excluding hydrogens is 98.1 g/mol. The van der Waals surface area contributed by atoms with E-state index in [4.69, 9.17) is 0 Å². The maximum absolute atomic E-state index is 3.84. The summed E-state index contributed by atoms with van der Waals surface area (Å²) in [5.41, 5.74) is 0. The predicted molar refractivity (Wildman–Crippen MR) is 35.6 cm³/mol. The largest absolute Gasteiger partial charge is 0.333 e. The molecule has 1 nitrogen and oxygen atoms in total. The van der Waals surface area contributed by atoms with Gasteiger partial charge in [0, 0.05) is 0 Å². The summed E-state index contributed by atoms with van der Waals surface area (Å²) in [4.78, 5) is 2.41. The molecule has 0 N–H and O–H groups in total. The minimum atomic E-state index is 1.00. The van der Waals surface area contributed by atoms with Crippen molar-refractivity contribution < 1.29 is 0 Å². The van der Waals surface area contributed by atoms with E-state index in [1.807, 2.05) is 0 Å². The quantitative estimate of drug-likeness (QED) is 0.462. The molecule has 0 atom stereocenters. The van der Waals surface area contributed by atoms with Gasteiger partial charge in [-0.15, -0.1) is 6.54 Å². The SMILES string of the molecule is [CH2-]CN1CCCCC1. The Morgan fingerprint density at radius 1 is 1.12 bits per heavy atom. The summed E-state index contributed by atoms with van der Waals surface area (Å²) in [6.45, 7) is 7.40. The minimum Gasteiger partial charge on any atom is -0.333 e. The Morgan fingerprint density at radius 3 is 2.12 bits per heavy atom. The van der Waals surface area contributed by atoms with Crippen molar-refractivity contribution in [3.63, 3.8) is 0 Å². The van der Waals surface area contributed by atoms with Crippen molar-refractivity contribution in [1.82, 2.24) is 4.90 Å². The summed E-state index contributed by atoms with van der Waals surface area (Å²) < 4.78 is 0. The van der Waals surface area contributed by atoms with E-state index in [-0.39, 0.29) is 0 Å². The molecule has 0 aromatic carbocycles. The van der Waals surface area contributed by atoms with Gasteiger partial charge in [-0.3, -0.25) is 0 Å². The van der Waals surface area contributed by atoms with E-state index < -0.39 is 0 Å². The Bertz CT molecular complexity index is 55.4. The molecule has 1 fully saturated rings. The monoisotopic (exact) mass is 112 g/mol. The molecule has 1 saturated heterocycles. The molecule has 0 radical (unpaired) electrons. The van der Waals surface area contributed by atoms with Crippen LogP contribution < -0.4 is 0 Å². The second kappa shape index (κ2) is 3.08. The summed E-state index contributed by atoms with van der Waals surface area (Å²) in [6, 6.07) is 0. The van der Waals surface area contributed by atoms with Crippen LogP contribution in [0.5, 0.6) is 0 Å². The van der Waals surface area contributed by atoms with Crippen molar-refractivity contribution in [2.75, 3.05) is 19.6 Å². The maximum atomic E-state index is 3.84. The van der Waals surface area contributed by atoms with E-state index in [1.165, 1.54) is 32.4 Å². The summed E-state index contributed by atoms with van der Waals surface area (Å²) in [6.07, 6.45) is 4.20. The molecule has 0 bridgehead atoms. The standard InChI is InChI=1S/C7H14N/c1-2-8-6-4-3-5-7-8/h1-7H2/q-1. The van der Waals surface area contributed by atoms with Crippen molar-refractivity contribution >= 4 is 0 Å². The summed E-state index contributed by atoms with van der Waals surface area (Å²) >= 11 is 0. The number of nitrogens with zero attached hydrogens (tertiary/aromatic N) is 1. The van der Waals surface area contributed by atoms with Crippen molar-refractivity contribution in [2.24, 2.45) is 0 Å². The van der Waals surface area contributed by atoms with Gasteiger partial charge in [-0.1, -0.05) is 6.42 Å². The number of rotatable bonds is 1. The van der Waals surface area contributed by atoms with Crippen molar-refractivity contribution in [3.8, 4) is 0 Å². The molecule has 0 aromatic heterocycles. The normalized spacial score (nSPS) is 23.6. The Labute approximate surface area is 51.7 Å². The van der Waals surface area contributed by atoms with E-state index in [2.05, 4.69) is 11.8 Å². The van der Waals surface area contributed by atoms with Gasteiger partial charge in [0.25, 0.3) is 0 Å². The lowest BCUT2D eigenvalue weighted by Gasteiger charge is -2.27. The van der Waals surface area contributed by atoms with Gasteiger partial charge in [0.05, 0.1) is 0 Å². The zero-order valence-corrected chi connectivity index (χ0v) is 5.40. The second-order valence-corrected chi connectivity index (χ2v) is 2.40. The number of likely N-dealkylation sites (tertiary alicyclic amines) is 1. The van der Waals surface area contributed by atoms with Crippen LogP contribution in [0, 0.1) is 6.92 Å². The third kappa shape index (κ3) is 1.48. The molecule has 1 heteroatoms. The Morgan fingerprint density at radius 2 is 1.75 bits per heavy atom. The zero-order valence-electron chi connectivity index (χ0n) is 5.40. The van der Waals surface area contributed by atoms with Crippen molar-refractivity contribution in [1.29, 1.82) is 0 Å². The fourth-order valence-corrected chi connectivity index (χ4v) is 1.18. The molecule has 0 aromatic rings. The maximum Gasteiger partial charge on any atom is -0.00473 e. The van der Waals surface area contributed by atoms with Gasteiger partial charge in [-0.25, -0.2) is 0 Å². The average molecular weight is 112 g/mol. The first-order valence-electron chi connectivity index (χ1n) is 3.45. The summed E-state index contributed by atoms with van der Waals surface area (Å²) in [5, 5.41) is 0. The number of piperidine rings is 1. The van der Waals surface area contributed by atoms with Crippen LogP contribution in [0.3, 0.4) is 0 Å². The van der Waals surface area contributed by atoms with E-state index >= 15 is 0 Å². The van der Waals surface area contributed by atoms with E-state index in [0.717, 1.165) is 6.54 Å². The summed E-state index contributed by atoms with van der Waals surface area (Å²) in [7, 11) is 0. The highest BCUT2D eigenvalue weighted by Crippen LogP contribution is 2.06. The van der Waals surface area contributed by atoms with Crippen LogP contribution >= 0.6 is 0 Å². The molecule has 1 aliphatic rings. The zero-order chi connectivity index (χ0) is 5.82. The summed E-state index contributed by atoms with van der Waals surface area (Å²) in [5.74, 6) is 0. The molecule has 0 unspecified atom stereocenters. The fraction of sp³-hybridized carbons (Fsp3) is 0.857. The number of hydrogen-bond acceptors (Lipinski definition) is 1. The average Bonchev–Trinajstić information content (AvgIpc) is 1.90. The van der Waals surface area contributed by atoms with Crippen LogP contribution in [0.25, 0.3) is 0 Å². The third-order valence-electron chi connectivity index (χ3n) is 1.76. The molecule has 1 heterocycles. The lowest BCUT2D eigenvalue weighted by molar-refractivity contribution is 0.250. The third-order valence-corrected chi connectivity index (χ3v) is 1.76. The van der Waals surface area contributed by atoms with E-state index in [9.17, 15) is 0 Å². The van der Waals surface area contributed by atoms with Crippen LogP contribution in [-0.2, 0) is 0 Å². The molecule has 0 aliphatic carbocycles. The predicted octanol–water partition coefficient (Wildman–Crippen LogP) is 1.31. The van der Waals surface area contributed by atoms with Gasteiger partial charge in [0.15, 0.2) is 0 Å². The molecule has 0 spiro atoms. The van der Waals surface area contributed by atoms with Gasteiger partial charge in [-0.2, -0.15) is 0 Å². The molecule has 0 saturated carbocycles. The van der Waals surface area contributed by atoms with E-state index in [0.29, 0.717) is 0 Å². The molecule has 8 heavy (non-hydrogen) atoms. The number of hydrogen-bond donors (Lipinski definition) is 0. The highest BCUT2D eigenvalue weighted by molar-refractivity contribution is 4.64. The first-order chi connectivity index (χ1) is 3.93. The fourth-order valence-electron chi connectivity index (χ4n) is 1.18. The Hall–Kier alpha value is -0.0400. The highest BCUT2D eigenvalue weighted by Gasteiger charge is 2.03. The Kier molecular flexibility index (Phi) is 2.34. The van der Waals surface area contributed by atoms with Crippen LogP contribution in [-0.4, -0.2) is 24.5 Å². The molecule has 0 amide bonds. The van der Waals surface area contributed by atoms with Crippen LogP contribution in [0.2, 0.25) is 0 Å². The van der Waals surface area contributed by atoms with Crippen molar-refractivity contribution in [3.05, 3.63) is 6.92 Å².